The molecule has 1 aromatic carbocycles. The zero-order valence-electron chi connectivity index (χ0n) is 11.5. The van der Waals surface area contributed by atoms with Gasteiger partial charge in [-0.25, -0.2) is 0 Å². The summed E-state index contributed by atoms with van der Waals surface area (Å²) in [4.78, 5) is 5.11. The molecule has 0 aromatic heterocycles. The molecule has 19 heavy (non-hydrogen) atoms. The van der Waals surface area contributed by atoms with E-state index in [0.29, 0.717) is 6.61 Å². The lowest BCUT2D eigenvalue weighted by Gasteiger charge is -2.22. The van der Waals surface area contributed by atoms with Gasteiger partial charge in [-0.1, -0.05) is 48.7 Å². The van der Waals surface area contributed by atoms with Crippen LogP contribution in [0.2, 0.25) is 0 Å². The van der Waals surface area contributed by atoms with Crippen molar-refractivity contribution in [1.82, 2.24) is 0 Å². The second-order valence-electron chi connectivity index (χ2n) is 5.07. The maximum atomic E-state index is 5.11. The highest BCUT2D eigenvalue weighted by Gasteiger charge is 2.15. The molecule has 1 radical (unpaired) electrons. The third-order valence-corrected chi connectivity index (χ3v) is 3.62. The maximum absolute atomic E-state index is 5.11. The molecule has 1 fully saturated rings. The number of benzene rings is 1. The van der Waals surface area contributed by atoms with Crippen LogP contribution in [0.4, 0.5) is 0 Å². The van der Waals surface area contributed by atoms with E-state index in [1.165, 1.54) is 37.7 Å². The topological polar surface area (TPSA) is 21.6 Å². The molecule has 0 bridgehead atoms. The molecular formula is C17H22NO. The van der Waals surface area contributed by atoms with Crippen molar-refractivity contribution in [1.29, 1.82) is 0 Å². The van der Waals surface area contributed by atoms with Gasteiger partial charge in [0.05, 0.1) is 0 Å². The highest BCUT2D eigenvalue weighted by atomic mass is 16.6. The fourth-order valence-corrected chi connectivity index (χ4v) is 2.56. The van der Waals surface area contributed by atoms with Crippen molar-refractivity contribution in [2.75, 3.05) is 6.61 Å². The zero-order chi connectivity index (χ0) is 13.3. The minimum Gasteiger partial charge on any atom is -0.395 e. The maximum Gasteiger partial charge on any atom is 0.139 e. The molecule has 2 nitrogen and oxygen atoms in total. The second kappa shape index (κ2) is 7.78. The van der Waals surface area contributed by atoms with E-state index in [-0.39, 0.29) is 0 Å². The van der Waals surface area contributed by atoms with E-state index in [1.54, 1.807) is 0 Å². The molecule has 0 saturated heterocycles. The summed E-state index contributed by atoms with van der Waals surface area (Å²) in [5.41, 5.74) is 2.42. The van der Waals surface area contributed by atoms with Gasteiger partial charge in [-0.15, -0.1) is 6.58 Å². The van der Waals surface area contributed by atoms with E-state index in [1.807, 2.05) is 12.1 Å². The fourth-order valence-electron chi connectivity index (χ4n) is 2.56. The van der Waals surface area contributed by atoms with Crippen LogP contribution in [0.3, 0.4) is 0 Å². The normalized spacial score (nSPS) is 16.6. The van der Waals surface area contributed by atoms with Gasteiger partial charge in [-0.3, -0.25) is 0 Å². The van der Waals surface area contributed by atoms with Gasteiger partial charge in [0.25, 0.3) is 0 Å². The van der Waals surface area contributed by atoms with Gasteiger partial charge in [0, 0.05) is 12.0 Å². The first-order valence-corrected chi connectivity index (χ1v) is 7.19. The predicted molar refractivity (Wildman–Crippen MR) is 79.6 cm³/mol. The van der Waals surface area contributed by atoms with E-state index >= 15 is 0 Å². The van der Waals surface area contributed by atoms with Crippen LogP contribution in [-0.2, 0) is 4.84 Å². The monoisotopic (exact) mass is 256 g/mol. The van der Waals surface area contributed by atoms with E-state index in [0.717, 1.165) is 17.9 Å². The van der Waals surface area contributed by atoms with Gasteiger partial charge in [0.15, 0.2) is 0 Å². The molecule has 1 aromatic rings. The molecule has 1 aliphatic rings. The van der Waals surface area contributed by atoms with E-state index in [2.05, 4.69) is 36.1 Å². The van der Waals surface area contributed by atoms with Crippen molar-refractivity contribution in [3.05, 3.63) is 48.0 Å². The molecule has 2 heteroatoms. The molecule has 0 aliphatic heterocycles. The SMILES string of the molecule is C=CCCON=[C]c1cccc(C2CCCCC2)c1. The molecule has 1 aliphatic carbocycles. The van der Waals surface area contributed by atoms with Crippen LogP contribution in [0.15, 0.2) is 42.1 Å². The molecule has 0 amide bonds. The first-order valence-electron chi connectivity index (χ1n) is 7.19. The van der Waals surface area contributed by atoms with Gasteiger partial charge in [-0.05, 0) is 30.4 Å². The van der Waals surface area contributed by atoms with Crippen LogP contribution >= 0.6 is 0 Å². The lowest BCUT2D eigenvalue weighted by atomic mass is 9.84. The fraction of sp³-hybridized carbons (Fsp3) is 0.471. The van der Waals surface area contributed by atoms with E-state index in [4.69, 9.17) is 4.84 Å². The Morgan fingerprint density at radius 1 is 1.32 bits per heavy atom. The highest BCUT2D eigenvalue weighted by Crippen LogP contribution is 2.32. The summed E-state index contributed by atoms with van der Waals surface area (Å²) >= 11 is 0. The lowest BCUT2D eigenvalue weighted by molar-refractivity contribution is 0.151. The number of nitrogens with zero attached hydrogens (tertiary/aromatic N) is 1. The Balaban J connectivity index is 1.92. The molecule has 0 atom stereocenters. The quantitative estimate of drug-likeness (QED) is 0.317. The number of rotatable bonds is 6. The Hall–Kier alpha value is -1.57. The van der Waals surface area contributed by atoms with E-state index in [9.17, 15) is 0 Å². The Morgan fingerprint density at radius 3 is 2.95 bits per heavy atom. The molecule has 0 N–H and O–H groups in total. The first kappa shape index (κ1) is 13.9. The van der Waals surface area contributed by atoms with Crippen LogP contribution in [0.1, 0.15) is 55.6 Å². The summed E-state index contributed by atoms with van der Waals surface area (Å²) in [5.74, 6) is 0.720. The van der Waals surface area contributed by atoms with Crippen LogP contribution in [0, 0.1) is 0 Å². The molecule has 1 saturated carbocycles. The third kappa shape index (κ3) is 4.55. The highest BCUT2D eigenvalue weighted by molar-refractivity contribution is 5.79. The van der Waals surface area contributed by atoms with Crippen molar-refractivity contribution in [3.8, 4) is 0 Å². The van der Waals surface area contributed by atoms with Crippen LogP contribution in [0.5, 0.6) is 0 Å². The standard InChI is InChI=1S/C17H22NO/c1-2-3-12-19-18-14-15-8-7-11-17(13-15)16-9-5-4-6-10-16/h2,7-8,11,13,16H,1,3-6,9-10,12H2. The Labute approximate surface area is 116 Å². The van der Waals surface area contributed by atoms with Gasteiger partial charge in [0.2, 0.25) is 0 Å². The Kier molecular flexibility index (Phi) is 5.67. The molecule has 2 rings (SSSR count). The average molecular weight is 256 g/mol. The molecule has 0 heterocycles. The van der Waals surface area contributed by atoms with Crippen molar-refractivity contribution in [2.45, 2.75) is 44.4 Å². The zero-order valence-corrected chi connectivity index (χ0v) is 11.5. The Morgan fingerprint density at radius 2 is 2.16 bits per heavy atom. The van der Waals surface area contributed by atoms with Crippen molar-refractivity contribution in [3.63, 3.8) is 0 Å². The average Bonchev–Trinajstić information content (AvgIpc) is 2.48. The molecular weight excluding hydrogens is 234 g/mol. The number of hydrogen-bond donors (Lipinski definition) is 0. The summed E-state index contributed by atoms with van der Waals surface area (Å²) in [5, 5.41) is 3.87. The van der Waals surface area contributed by atoms with Gasteiger partial charge >= 0.3 is 0 Å². The van der Waals surface area contributed by atoms with Crippen molar-refractivity contribution in [2.24, 2.45) is 5.16 Å². The summed E-state index contributed by atoms with van der Waals surface area (Å²) in [6, 6.07) is 8.52. The minimum atomic E-state index is 0.568. The van der Waals surface area contributed by atoms with E-state index < -0.39 is 0 Å². The molecule has 0 unspecified atom stereocenters. The summed E-state index contributed by atoms with van der Waals surface area (Å²) < 4.78 is 0. The summed E-state index contributed by atoms with van der Waals surface area (Å²) in [6.45, 7) is 4.21. The summed E-state index contributed by atoms with van der Waals surface area (Å²) in [7, 11) is 0. The lowest BCUT2D eigenvalue weighted by Crippen LogP contribution is -2.04. The second-order valence-corrected chi connectivity index (χ2v) is 5.07. The summed E-state index contributed by atoms with van der Waals surface area (Å²) in [6.07, 6.45) is 12.3. The molecule has 101 valence electrons. The largest absolute Gasteiger partial charge is 0.395 e. The minimum absolute atomic E-state index is 0.568. The van der Waals surface area contributed by atoms with Crippen molar-refractivity contribution < 1.29 is 4.84 Å². The van der Waals surface area contributed by atoms with Crippen molar-refractivity contribution >= 4 is 6.21 Å². The van der Waals surface area contributed by atoms with Gasteiger partial charge in [-0.2, -0.15) is 0 Å². The molecule has 0 spiro atoms. The number of hydrogen-bond acceptors (Lipinski definition) is 2. The van der Waals surface area contributed by atoms with Crippen LogP contribution in [0.25, 0.3) is 0 Å². The Bertz CT molecular complexity index is 419. The first-order chi connectivity index (χ1) is 9.40. The van der Waals surface area contributed by atoms with Crippen LogP contribution < -0.4 is 0 Å². The van der Waals surface area contributed by atoms with Crippen LogP contribution in [-0.4, -0.2) is 12.8 Å². The third-order valence-electron chi connectivity index (χ3n) is 3.62. The smallest absolute Gasteiger partial charge is 0.139 e. The predicted octanol–water partition coefficient (Wildman–Crippen LogP) is 4.54. The van der Waals surface area contributed by atoms with Gasteiger partial charge < -0.3 is 4.84 Å². The van der Waals surface area contributed by atoms with Gasteiger partial charge in [0.1, 0.15) is 12.8 Å².